The fraction of sp³-hybridized carbons (Fsp3) is 0.235. The molecule has 0 aliphatic heterocycles. The first-order chi connectivity index (χ1) is 12.0. The van der Waals surface area contributed by atoms with E-state index in [0.29, 0.717) is 17.2 Å². The number of ether oxygens (including phenoxy) is 4. The van der Waals surface area contributed by atoms with Gasteiger partial charge in [-0.05, 0) is 24.3 Å². The van der Waals surface area contributed by atoms with Gasteiger partial charge in [-0.2, -0.15) is 0 Å². The predicted octanol–water partition coefficient (Wildman–Crippen LogP) is 2.86. The topological polar surface area (TPSA) is 97.1 Å². The summed E-state index contributed by atoms with van der Waals surface area (Å²) in [6.45, 7) is 0. The Morgan fingerprint density at radius 1 is 0.840 bits per heavy atom. The largest absolute Gasteiger partial charge is 0.493 e. The van der Waals surface area contributed by atoms with Crippen LogP contribution in [0.15, 0.2) is 30.3 Å². The highest BCUT2D eigenvalue weighted by Crippen LogP contribution is 2.39. The molecule has 0 aromatic heterocycles. The van der Waals surface area contributed by atoms with Crippen molar-refractivity contribution in [1.29, 1.82) is 0 Å². The molecule has 0 amide bonds. The van der Waals surface area contributed by atoms with E-state index < -0.39 is 10.7 Å². The van der Waals surface area contributed by atoms with Gasteiger partial charge in [0.2, 0.25) is 5.75 Å². The van der Waals surface area contributed by atoms with Crippen molar-refractivity contribution >= 4 is 11.5 Å². The Balaban J connectivity index is 2.54. The van der Waals surface area contributed by atoms with Gasteiger partial charge in [0.25, 0.3) is 0 Å². The van der Waals surface area contributed by atoms with Gasteiger partial charge in [0.05, 0.1) is 33.4 Å². The summed E-state index contributed by atoms with van der Waals surface area (Å²) in [7, 11) is 5.64. The van der Waals surface area contributed by atoms with E-state index in [1.807, 2.05) is 0 Å². The SMILES string of the molecule is COc1ccc(C(=O)c2cc(OC)c(OC)c(OC)c2)cc1[N+](=O)[O-]. The van der Waals surface area contributed by atoms with E-state index >= 15 is 0 Å². The normalized spacial score (nSPS) is 10.1. The third-order valence-corrected chi connectivity index (χ3v) is 3.56. The van der Waals surface area contributed by atoms with Gasteiger partial charge in [-0.1, -0.05) is 0 Å². The van der Waals surface area contributed by atoms with Crippen molar-refractivity contribution in [3.05, 3.63) is 51.6 Å². The lowest BCUT2D eigenvalue weighted by Crippen LogP contribution is -2.05. The van der Waals surface area contributed by atoms with Crippen LogP contribution < -0.4 is 18.9 Å². The van der Waals surface area contributed by atoms with Crippen molar-refractivity contribution in [2.75, 3.05) is 28.4 Å². The molecular weight excluding hydrogens is 330 g/mol. The number of nitro groups is 1. The molecule has 0 aliphatic rings. The highest BCUT2D eigenvalue weighted by Gasteiger charge is 2.22. The summed E-state index contributed by atoms with van der Waals surface area (Å²) in [5.41, 5.74) is 0.0940. The average Bonchev–Trinajstić information content (AvgIpc) is 2.65. The number of hydrogen-bond acceptors (Lipinski definition) is 7. The molecule has 0 aliphatic carbocycles. The molecule has 8 heteroatoms. The molecule has 132 valence electrons. The minimum atomic E-state index is -0.606. The zero-order valence-corrected chi connectivity index (χ0v) is 14.2. The molecule has 0 bridgehead atoms. The number of hydrogen-bond donors (Lipinski definition) is 0. The minimum absolute atomic E-state index is 0.0754. The smallest absolute Gasteiger partial charge is 0.311 e. The van der Waals surface area contributed by atoms with Gasteiger partial charge in [-0.3, -0.25) is 14.9 Å². The third kappa shape index (κ3) is 3.47. The third-order valence-electron chi connectivity index (χ3n) is 3.56. The highest BCUT2D eigenvalue weighted by molar-refractivity contribution is 6.10. The summed E-state index contributed by atoms with van der Waals surface area (Å²) in [6.07, 6.45) is 0. The Morgan fingerprint density at radius 2 is 1.40 bits per heavy atom. The van der Waals surface area contributed by atoms with E-state index in [1.54, 1.807) is 0 Å². The summed E-state index contributed by atoms with van der Waals surface area (Å²) >= 11 is 0. The number of methoxy groups -OCH3 is 4. The van der Waals surface area contributed by atoms with Crippen molar-refractivity contribution in [3.63, 3.8) is 0 Å². The van der Waals surface area contributed by atoms with Gasteiger partial charge in [0.15, 0.2) is 23.0 Å². The molecule has 2 rings (SSSR count). The van der Waals surface area contributed by atoms with Gasteiger partial charge < -0.3 is 18.9 Å². The number of carbonyl (C=O) groups excluding carboxylic acids is 1. The second-order valence-electron chi connectivity index (χ2n) is 4.89. The van der Waals surface area contributed by atoms with E-state index in [0.717, 1.165) is 0 Å². The lowest BCUT2D eigenvalue weighted by Gasteiger charge is -2.13. The maximum Gasteiger partial charge on any atom is 0.311 e. The van der Waals surface area contributed by atoms with Gasteiger partial charge in [-0.15, -0.1) is 0 Å². The van der Waals surface area contributed by atoms with Crippen LogP contribution in [0.25, 0.3) is 0 Å². The first kappa shape index (κ1) is 18.1. The van der Waals surface area contributed by atoms with Crippen LogP contribution in [0.4, 0.5) is 5.69 Å². The lowest BCUT2D eigenvalue weighted by atomic mass is 10.0. The van der Waals surface area contributed by atoms with Crippen molar-refractivity contribution in [2.45, 2.75) is 0 Å². The van der Waals surface area contributed by atoms with Crippen molar-refractivity contribution in [2.24, 2.45) is 0 Å². The van der Waals surface area contributed by atoms with E-state index in [9.17, 15) is 14.9 Å². The van der Waals surface area contributed by atoms with Crippen LogP contribution in [0.5, 0.6) is 23.0 Å². The Bertz CT molecular complexity index is 792. The maximum atomic E-state index is 12.7. The molecular formula is C17H17NO7. The van der Waals surface area contributed by atoms with Gasteiger partial charge in [-0.25, -0.2) is 0 Å². The van der Waals surface area contributed by atoms with Crippen LogP contribution in [-0.4, -0.2) is 39.1 Å². The molecule has 0 unspecified atom stereocenters. The second kappa shape index (κ2) is 7.52. The monoisotopic (exact) mass is 347 g/mol. The fourth-order valence-corrected chi connectivity index (χ4v) is 2.35. The highest BCUT2D eigenvalue weighted by atomic mass is 16.6. The number of rotatable bonds is 7. The van der Waals surface area contributed by atoms with E-state index in [-0.39, 0.29) is 22.6 Å². The molecule has 0 atom stereocenters. The molecule has 8 nitrogen and oxygen atoms in total. The summed E-state index contributed by atoms with van der Waals surface area (Å²) < 4.78 is 20.6. The number of ketones is 1. The van der Waals surface area contributed by atoms with E-state index in [4.69, 9.17) is 18.9 Å². The molecule has 25 heavy (non-hydrogen) atoms. The summed E-state index contributed by atoms with van der Waals surface area (Å²) in [5.74, 6) is 0.625. The zero-order valence-electron chi connectivity index (χ0n) is 14.2. The van der Waals surface area contributed by atoms with Gasteiger partial charge in [0.1, 0.15) is 0 Å². The summed E-state index contributed by atoms with van der Waals surface area (Å²) in [4.78, 5) is 23.3. The first-order valence-corrected chi connectivity index (χ1v) is 7.14. The van der Waals surface area contributed by atoms with Crippen molar-refractivity contribution < 1.29 is 28.7 Å². The molecule has 2 aromatic rings. The summed E-state index contributed by atoms with van der Waals surface area (Å²) in [5, 5.41) is 11.1. The quantitative estimate of drug-likeness (QED) is 0.431. The van der Waals surface area contributed by atoms with Gasteiger partial charge in [0, 0.05) is 17.2 Å². The molecule has 0 saturated carbocycles. The minimum Gasteiger partial charge on any atom is -0.493 e. The Morgan fingerprint density at radius 3 is 1.84 bits per heavy atom. The number of nitrogens with zero attached hydrogens (tertiary/aromatic N) is 1. The van der Waals surface area contributed by atoms with Crippen LogP contribution in [0.1, 0.15) is 15.9 Å². The van der Waals surface area contributed by atoms with Crippen LogP contribution in [0, 0.1) is 10.1 Å². The Hall–Kier alpha value is -3.29. The Labute approximate surface area is 144 Å². The first-order valence-electron chi connectivity index (χ1n) is 7.14. The molecule has 2 aromatic carbocycles. The number of nitro benzene ring substituents is 1. The molecule has 0 heterocycles. The van der Waals surface area contributed by atoms with Gasteiger partial charge >= 0.3 is 5.69 Å². The van der Waals surface area contributed by atoms with Crippen LogP contribution >= 0.6 is 0 Å². The summed E-state index contributed by atoms with van der Waals surface area (Å²) in [6, 6.07) is 6.98. The van der Waals surface area contributed by atoms with Crippen molar-refractivity contribution in [3.8, 4) is 23.0 Å². The second-order valence-corrected chi connectivity index (χ2v) is 4.89. The van der Waals surface area contributed by atoms with Crippen LogP contribution in [0.2, 0.25) is 0 Å². The predicted molar refractivity (Wildman–Crippen MR) is 89.2 cm³/mol. The molecule has 0 radical (unpaired) electrons. The van der Waals surface area contributed by atoms with E-state index in [1.165, 1.54) is 58.8 Å². The standard InChI is InChI=1S/C17H17NO7/c1-22-13-6-5-10(7-12(13)18(20)21)16(19)11-8-14(23-2)17(25-4)15(9-11)24-3/h5-9H,1-4H3. The average molecular weight is 347 g/mol. The molecule has 0 spiro atoms. The molecule has 0 saturated heterocycles. The fourth-order valence-electron chi connectivity index (χ4n) is 2.35. The Kier molecular flexibility index (Phi) is 5.43. The van der Waals surface area contributed by atoms with E-state index in [2.05, 4.69) is 0 Å². The van der Waals surface area contributed by atoms with Crippen LogP contribution in [-0.2, 0) is 0 Å². The number of benzene rings is 2. The zero-order chi connectivity index (χ0) is 18.6. The molecule has 0 fully saturated rings. The van der Waals surface area contributed by atoms with Crippen molar-refractivity contribution in [1.82, 2.24) is 0 Å². The lowest BCUT2D eigenvalue weighted by molar-refractivity contribution is -0.385. The maximum absolute atomic E-state index is 12.7. The molecule has 0 N–H and O–H groups in total. The number of carbonyl (C=O) groups is 1. The van der Waals surface area contributed by atoms with Crippen LogP contribution in [0.3, 0.4) is 0 Å².